The molecule has 0 aromatic carbocycles. The number of nitrogens with zero attached hydrogens (tertiary/aromatic N) is 3. The van der Waals surface area contributed by atoms with Gasteiger partial charge < -0.3 is 9.73 Å². The highest BCUT2D eigenvalue weighted by atomic mass is 16.4. The van der Waals surface area contributed by atoms with Crippen molar-refractivity contribution in [3.05, 3.63) is 30.4 Å². The molecule has 0 spiro atoms. The zero-order chi connectivity index (χ0) is 16.7. The summed E-state index contributed by atoms with van der Waals surface area (Å²) in [6, 6.07) is 3.57. The van der Waals surface area contributed by atoms with Crippen LogP contribution in [0.15, 0.2) is 28.9 Å². The Labute approximate surface area is 135 Å². The smallest absolute Gasteiger partial charge is 0.247 e. The Bertz CT molecular complexity index is 684. The molecule has 23 heavy (non-hydrogen) atoms. The minimum absolute atomic E-state index is 0.115. The van der Waals surface area contributed by atoms with E-state index in [9.17, 15) is 4.79 Å². The predicted octanol–water partition coefficient (Wildman–Crippen LogP) is 2.37. The summed E-state index contributed by atoms with van der Waals surface area (Å²) in [6.07, 6.45) is 10.9. The molecule has 0 fully saturated rings. The van der Waals surface area contributed by atoms with E-state index in [1.165, 1.54) is 0 Å². The van der Waals surface area contributed by atoms with Crippen LogP contribution in [-0.2, 0) is 11.2 Å². The Hall–Kier alpha value is -2.68. The lowest BCUT2D eigenvalue weighted by molar-refractivity contribution is -0.122. The van der Waals surface area contributed by atoms with Gasteiger partial charge in [0.2, 0.25) is 17.7 Å². The van der Waals surface area contributed by atoms with Gasteiger partial charge in [0.15, 0.2) is 0 Å². The quantitative estimate of drug-likeness (QED) is 0.794. The zero-order valence-corrected chi connectivity index (χ0v) is 13.4. The molecular weight excluding hydrogens is 292 g/mol. The first kappa shape index (κ1) is 16.7. The van der Waals surface area contributed by atoms with E-state index in [1.807, 2.05) is 13.8 Å². The highest BCUT2D eigenvalue weighted by Gasteiger charge is 2.25. The van der Waals surface area contributed by atoms with Crippen LogP contribution in [0.5, 0.6) is 0 Å². The summed E-state index contributed by atoms with van der Waals surface area (Å²) in [7, 11) is 0. The second-order valence-electron chi connectivity index (χ2n) is 5.22. The molecule has 0 aliphatic rings. The van der Waals surface area contributed by atoms with Crippen molar-refractivity contribution in [2.45, 2.75) is 45.1 Å². The van der Waals surface area contributed by atoms with Gasteiger partial charge in [-0.3, -0.25) is 9.78 Å². The highest BCUT2D eigenvalue weighted by molar-refractivity contribution is 5.77. The lowest BCUT2D eigenvalue weighted by Crippen LogP contribution is -2.46. The van der Waals surface area contributed by atoms with Crippen LogP contribution in [0.25, 0.3) is 11.5 Å². The molecule has 2 heterocycles. The third-order valence-electron chi connectivity index (χ3n) is 3.82. The standard InChI is InChI=1S/C17H20N4O2/c1-4-17(5-2,6-3)19-14(22)7-8-15-20-21-16(23-15)13-9-11-18-12-10-13/h1,9-12H,5-8H2,2-3H3,(H,19,22). The number of amides is 1. The van der Waals surface area contributed by atoms with E-state index in [4.69, 9.17) is 10.8 Å². The van der Waals surface area contributed by atoms with Crippen LogP contribution in [0.2, 0.25) is 0 Å². The highest BCUT2D eigenvalue weighted by Crippen LogP contribution is 2.17. The number of nitrogens with one attached hydrogen (secondary N) is 1. The van der Waals surface area contributed by atoms with Gasteiger partial charge in [-0.1, -0.05) is 19.8 Å². The molecule has 2 rings (SSSR count). The van der Waals surface area contributed by atoms with Crippen molar-refractivity contribution < 1.29 is 9.21 Å². The third-order valence-corrected chi connectivity index (χ3v) is 3.82. The number of aromatic nitrogens is 3. The van der Waals surface area contributed by atoms with Crippen LogP contribution in [0.1, 0.15) is 39.0 Å². The van der Waals surface area contributed by atoms with E-state index in [0.717, 1.165) is 5.56 Å². The SMILES string of the molecule is C#CC(CC)(CC)NC(=O)CCc1nnc(-c2ccncc2)o1. The zero-order valence-electron chi connectivity index (χ0n) is 13.4. The van der Waals surface area contributed by atoms with E-state index in [1.54, 1.807) is 24.5 Å². The molecule has 120 valence electrons. The van der Waals surface area contributed by atoms with E-state index in [0.29, 0.717) is 31.0 Å². The first-order valence-corrected chi connectivity index (χ1v) is 7.64. The predicted molar refractivity (Wildman–Crippen MR) is 86.1 cm³/mol. The fourth-order valence-corrected chi connectivity index (χ4v) is 2.18. The minimum atomic E-state index is -0.575. The molecule has 0 saturated heterocycles. The number of aryl methyl sites for hydroxylation is 1. The van der Waals surface area contributed by atoms with Crippen molar-refractivity contribution in [3.63, 3.8) is 0 Å². The van der Waals surface area contributed by atoms with E-state index >= 15 is 0 Å². The Balaban J connectivity index is 1.93. The van der Waals surface area contributed by atoms with Crippen molar-refractivity contribution >= 4 is 5.91 Å². The number of hydrogen-bond acceptors (Lipinski definition) is 5. The number of hydrogen-bond donors (Lipinski definition) is 1. The second kappa shape index (κ2) is 7.54. The van der Waals surface area contributed by atoms with E-state index in [-0.39, 0.29) is 12.3 Å². The van der Waals surface area contributed by atoms with Crippen LogP contribution in [0.3, 0.4) is 0 Å². The fourth-order valence-electron chi connectivity index (χ4n) is 2.18. The minimum Gasteiger partial charge on any atom is -0.421 e. The molecule has 0 saturated carbocycles. The number of carbonyl (C=O) groups excluding carboxylic acids is 1. The first-order valence-electron chi connectivity index (χ1n) is 7.64. The van der Waals surface area contributed by atoms with Crippen LogP contribution in [-0.4, -0.2) is 26.6 Å². The largest absolute Gasteiger partial charge is 0.421 e. The number of terminal acetylenes is 1. The van der Waals surface area contributed by atoms with Gasteiger partial charge >= 0.3 is 0 Å². The fraction of sp³-hybridized carbons (Fsp3) is 0.412. The van der Waals surface area contributed by atoms with Crippen LogP contribution >= 0.6 is 0 Å². The van der Waals surface area contributed by atoms with Crippen LogP contribution in [0, 0.1) is 12.3 Å². The molecule has 1 amide bonds. The number of pyridine rings is 1. The van der Waals surface area contributed by atoms with Crippen molar-refractivity contribution in [1.29, 1.82) is 0 Å². The van der Waals surface area contributed by atoms with Gasteiger partial charge in [-0.2, -0.15) is 0 Å². The van der Waals surface area contributed by atoms with Gasteiger partial charge in [-0.05, 0) is 25.0 Å². The molecule has 0 aliphatic heterocycles. The van der Waals surface area contributed by atoms with E-state index in [2.05, 4.69) is 26.4 Å². The molecule has 6 heteroatoms. The summed E-state index contributed by atoms with van der Waals surface area (Å²) in [6.45, 7) is 3.92. The number of rotatable bonds is 7. The van der Waals surface area contributed by atoms with Crippen molar-refractivity contribution in [1.82, 2.24) is 20.5 Å². The average molecular weight is 312 g/mol. The Morgan fingerprint density at radius 2 is 2.00 bits per heavy atom. The molecule has 1 N–H and O–H groups in total. The normalized spacial score (nSPS) is 11.0. The van der Waals surface area contributed by atoms with E-state index < -0.39 is 5.54 Å². The van der Waals surface area contributed by atoms with Gasteiger partial charge in [0.1, 0.15) is 5.54 Å². The third kappa shape index (κ3) is 4.16. The topological polar surface area (TPSA) is 80.9 Å². The Kier molecular flexibility index (Phi) is 5.47. The summed E-state index contributed by atoms with van der Waals surface area (Å²) < 4.78 is 5.56. The summed E-state index contributed by atoms with van der Waals surface area (Å²) in [5.74, 6) is 3.41. The Morgan fingerprint density at radius 1 is 1.30 bits per heavy atom. The molecule has 0 radical (unpaired) electrons. The molecule has 0 unspecified atom stereocenters. The summed E-state index contributed by atoms with van der Waals surface area (Å²) >= 11 is 0. The lowest BCUT2D eigenvalue weighted by atomic mass is 9.93. The van der Waals surface area contributed by atoms with Crippen LogP contribution in [0.4, 0.5) is 0 Å². The first-order chi connectivity index (χ1) is 11.1. The van der Waals surface area contributed by atoms with Crippen molar-refractivity contribution in [2.75, 3.05) is 0 Å². The van der Waals surface area contributed by atoms with Gasteiger partial charge in [0.25, 0.3) is 0 Å². The molecule has 0 bridgehead atoms. The molecular formula is C17H20N4O2. The van der Waals surface area contributed by atoms with Gasteiger partial charge in [0.05, 0.1) is 0 Å². The average Bonchev–Trinajstić information content (AvgIpc) is 3.08. The van der Waals surface area contributed by atoms with Crippen molar-refractivity contribution in [3.8, 4) is 23.8 Å². The maximum Gasteiger partial charge on any atom is 0.247 e. The van der Waals surface area contributed by atoms with Gasteiger partial charge in [-0.15, -0.1) is 16.6 Å². The Morgan fingerprint density at radius 3 is 2.61 bits per heavy atom. The maximum absolute atomic E-state index is 12.1. The van der Waals surface area contributed by atoms with Gasteiger partial charge in [0, 0.05) is 30.8 Å². The van der Waals surface area contributed by atoms with Gasteiger partial charge in [-0.25, -0.2) is 0 Å². The maximum atomic E-state index is 12.1. The monoisotopic (exact) mass is 312 g/mol. The molecule has 2 aromatic heterocycles. The second-order valence-corrected chi connectivity index (χ2v) is 5.22. The number of carbonyl (C=O) groups is 1. The van der Waals surface area contributed by atoms with Crippen LogP contribution < -0.4 is 5.32 Å². The summed E-state index contributed by atoms with van der Waals surface area (Å²) in [4.78, 5) is 16.0. The molecule has 0 atom stereocenters. The molecule has 2 aromatic rings. The van der Waals surface area contributed by atoms with Crippen molar-refractivity contribution in [2.24, 2.45) is 0 Å². The lowest BCUT2D eigenvalue weighted by Gasteiger charge is -2.26. The summed E-state index contributed by atoms with van der Waals surface area (Å²) in [5, 5.41) is 10.9. The molecule has 6 nitrogen and oxygen atoms in total. The molecule has 0 aliphatic carbocycles. The summed E-state index contributed by atoms with van der Waals surface area (Å²) in [5.41, 5.74) is 0.222.